The van der Waals surface area contributed by atoms with E-state index in [9.17, 15) is 18.5 Å². The lowest BCUT2D eigenvalue weighted by molar-refractivity contribution is -0.385. The van der Waals surface area contributed by atoms with Gasteiger partial charge in [0, 0.05) is 25.2 Å². The Hall–Kier alpha value is -1.51. The molecule has 0 aromatic heterocycles. The molecule has 1 aliphatic heterocycles. The first kappa shape index (κ1) is 16.9. The smallest absolute Gasteiger partial charge is 0.270 e. The van der Waals surface area contributed by atoms with Crippen LogP contribution in [-0.4, -0.2) is 44.9 Å². The van der Waals surface area contributed by atoms with Crippen LogP contribution < -0.4 is 4.72 Å². The number of nitro groups is 1. The molecule has 1 aromatic rings. The van der Waals surface area contributed by atoms with Gasteiger partial charge in [0.05, 0.1) is 9.82 Å². The van der Waals surface area contributed by atoms with Crippen molar-refractivity contribution in [2.24, 2.45) is 5.92 Å². The van der Waals surface area contributed by atoms with Crippen LogP contribution >= 0.6 is 0 Å². The molecule has 122 valence electrons. The molecular weight excluding hydrogens is 306 g/mol. The maximum Gasteiger partial charge on any atom is 0.270 e. The Morgan fingerprint density at radius 3 is 2.41 bits per heavy atom. The second kappa shape index (κ2) is 6.31. The molecule has 0 aliphatic carbocycles. The summed E-state index contributed by atoms with van der Waals surface area (Å²) in [6.07, 6.45) is 0.969. The minimum absolute atomic E-state index is 0.0913. The fraction of sp³-hybridized carbons (Fsp3) is 0.571. The highest BCUT2D eigenvalue weighted by molar-refractivity contribution is 7.89. The summed E-state index contributed by atoms with van der Waals surface area (Å²) < 4.78 is 27.6. The molecule has 7 nitrogen and oxygen atoms in total. The summed E-state index contributed by atoms with van der Waals surface area (Å²) in [5.74, 6) is 0.304. The topological polar surface area (TPSA) is 92.5 Å². The molecule has 0 saturated carbocycles. The molecule has 1 aliphatic rings. The SMILES string of the molecule is Cc1cc([N+](=O)[O-])cc(C)c1S(=O)(=O)NCC1CCN(C)C1. The zero-order valence-corrected chi connectivity index (χ0v) is 13.8. The summed E-state index contributed by atoms with van der Waals surface area (Å²) >= 11 is 0. The van der Waals surface area contributed by atoms with Crippen molar-refractivity contribution in [3.8, 4) is 0 Å². The molecule has 1 aromatic carbocycles. The maximum absolute atomic E-state index is 12.5. The summed E-state index contributed by atoms with van der Waals surface area (Å²) in [7, 11) is -1.65. The Labute approximate surface area is 130 Å². The number of rotatable bonds is 5. The van der Waals surface area contributed by atoms with Gasteiger partial charge in [-0.05, 0) is 50.9 Å². The van der Waals surface area contributed by atoms with Crippen molar-refractivity contribution in [2.45, 2.75) is 25.2 Å². The van der Waals surface area contributed by atoms with Gasteiger partial charge in [-0.3, -0.25) is 10.1 Å². The van der Waals surface area contributed by atoms with Gasteiger partial charge in [-0.25, -0.2) is 13.1 Å². The number of likely N-dealkylation sites (tertiary alicyclic amines) is 1. The molecule has 1 atom stereocenters. The van der Waals surface area contributed by atoms with Gasteiger partial charge in [-0.15, -0.1) is 0 Å². The zero-order valence-electron chi connectivity index (χ0n) is 13.0. The maximum atomic E-state index is 12.5. The van der Waals surface area contributed by atoms with Gasteiger partial charge in [-0.2, -0.15) is 0 Å². The predicted molar refractivity (Wildman–Crippen MR) is 83.4 cm³/mol. The number of non-ortho nitro benzene ring substituents is 1. The van der Waals surface area contributed by atoms with E-state index >= 15 is 0 Å². The van der Waals surface area contributed by atoms with Crippen LogP contribution in [0.5, 0.6) is 0 Å². The van der Waals surface area contributed by atoms with Crippen LogP contribution in [0.25, 0.3) is 0 Å². The third kappa shape index (κ3) is 3.63. The molecule has 0 amide bonds. The standard InChI is InChI=1S/C14H21N3O4S/c1-10-6-13(17(18)19)7-11(2)14(10)22(20,21)15-8-12-4-5-16(3)9-12/h6-7,12,15H,4-5,8-9H2,1-3H3. The molecule has 1 heterocycles. The van der Waals surface area contributed by atoms with E-state index in [0.29, 0.717) is 23.6 Å². The highest BCUT2D eigenvalue weighted by Gasteiger charge is 2.25. The van der Waals surface area contributed by atoms with E-state index in [4.69, 9.17) is 0 Å². The van der Waals surface area contributed by atoms with Gasteiger partial charge in [-0.1, -0.05) is 0 Å². The Balaban J connectivity index is 2.20. The summed E-state index contributed by atoms with van der Waals surface area (Å²) in [6, 6.07) is 2.59. The number of sulfonamides is 1. The average molecular weight is 327 g/mol. The first-order valence-corrected chi connectivity index (χ1v) is 8.63. The van der Waals surface area contributed by atoms with Crippen LogP contribution in [-0.2, 0) is 10.0 Å². The Bertz CT molecular complexity index is 664. The van der Waals surface area contributed by atoms with Gasteiger partial charge < -0.3 is 4.90 Å². The van der Waals surface area contributed by atoms with E-state index in [1.165, 1.54) is 12.1 Å². The first-order valence-electron chi connectivity index (χ1n) is 7.14. The minimum atomic E-state index is -3.66. The second-order valence-electron chi connectivity index (χ2n) is 5.93. The summed E-state index contributed by atoms with van der Waals surface area (Å²) in [4.78, 5) is 12.6. The van der Waals surface area contributed by atoms with Crippen molar-refractivity contribution in [1.29, 1.82) is 0 Å². The van der Waals surface area contributed by atoms with E-state index in [-0.39, 0.29) is 10.6 Å². The fourth-order valence-electron chi connectivity index (χ4n) is 2.95. The minimum Gasteiger partial charge on any atom is -0.306 e. The molecule has 0 bridgehead atoms. The van der Waals surface area contributed by atoms with E-state index in [1.54, 1.807) is 13.8 Å². The number of aryl methyl sites for hydroxylation is 2. The van der Waals surface area contributed by atoms with Crippen molar-refractivity contribution >= 4 is 15.7 Å². The monoisotopic (exact) mass is 327 g/mol. The van der Waals surface area contributed by atoms with Crippen LogP contribution in [0.4, 0.5) is 5.69 Å². The van der Waals surface area contributed by atoms with Gasteiger partial charge in [0.15, 0.2) is 0 Å². The largest absolute Gasteiger partial charge is 0.306 e. The summed E-state index contributed by atoms with van der Waals surface area (Å²) in [5, 5.41) is 10.8. The number of nitro benzene ring substituents is 1. The van der Waals surface area contributed by atoms with Gasteiger partial charge in [0.1, 0.15) is 0 Å². The molecule has 22 heavy (non-hydrogen) atoms. The van der Waals surface area contributed by atoms with Crippen molar-refractivity contribution in [3.05, 3.63) is 33.4 Å². The van der Waals surface area contributed by atoms with Crippen LogP contribution in [0.2, 0.25) is 0 Å². The highest BCUT2D eigenvalue weighted by Crippen LogP contribution is 2.26. The predicted octanol–water partition coefficient (Wildman–Crippen LogP) is 1.44. The highest BCUT2D eigenvalue weighted by atomic mass is 32.2. The molecule has 1 N–H and O–H groups in total. The Morgan fingerprint density at radius 2 is 1.95 bits per heavy atom. The summed E-state index contributed by atoms with van der Waals surface area (Å²) in [5.41, 5.74) is 0.692. The molecule has 0 spiro atoms. The number of benzene rings is 1. The van der Waals surface area contributed by atoms with Crippen molar-refractivity contribution in [2.75, 3.05) is 26.7 Å². The fourth-order valence-corrected chi connectivity index (χ4v) is 4.51. The number of hydrogen-bond donors (Lipinski definition) is 1. The van der Waals surface area contributed by atoms with Crippen LogP contribution in [0.15, 0.2) is 17.0 Å². The zero-order chi connectivity index (χ0) is 16.5. The second-order valence-corrected chi connectivity index (χ2v) is 7.64. The lowest BCUT2D eigenvalue weighted by Crippen LogP contribution is -2.31. The molecular formula is C14H21N3O4S. The molecule has 0 radical (unpaired) electrons. The summed E-state index contributed by atoms with van der Waals surface area (Å²) in [6.45, 7) is 5.40. The van der Waals surface area contributed by atoms with Gasteiger partial charge in [0.25, 0.3) is 5.69 Å². The van der Waals surface area contributed by atoms with E-state index in [0.717, 1.165) is 19.5 Å². The average Bonchev–Trinajstić information content (AvgIpc) is 2.81. The quantitative estimate of drug-likeness (QED) is 0.652. The van der Waals surface area contributed by atoms with Crippen LogP contribution in [0.3, 0.4) is 0 Å². The molecule has 2 rings (SSSR count). The molecule has 1 saturated heterocycles. The Kier molecular flexibility index (Phi) is 4.84. The molecule has 1 fully saturated rings. The van der Waals surface area contributed by atoms with Gasteiger partial charge >= 0.3 is 0 Å². The normalized spacial score (nSPS) is 19.5. The van der Waals surface area contributed by atoms with Gasteiger partial charge in [0.2, 0.25) is 10.0 Å². The Morgan fingerprint density at radius 1 is 1.36 bits per heavy atom. The number of nitrogens with one attached hydrogen (secondary N) is 1. The van der Waals surface area contributed by atoms with Crippen molar-refractivity contribution in [1.82, 2.24) is 9.62 Å². The molecule has 1 unspecified atom stereocenters. The van der Waals surface area contributed by atoms with Crippen molar-refractivity contribution in [3.63, 3.8) is 0 Å². The third-order valence-electron chi connectivity index (χ3n) is 3.98. The molecule has 8 heteroatoms. The third-order valence-corrected chi connectivity index (χ3v) is 5.70. The lowest BCUT2D eigenvalue weighted by Gasteiger charge is -2.15. The first-order chi connectivity index (χ1) is 10.2. The van der Waals surface area contributed by atoms with Crippen LogP contribution in [0.1, 0.15) is 17.5 Å². The van der Waals surface area contributed by atoms with E-state index in [1.807, 2.05) is 7.05 Å². The number of hydrogen-bond acceptors (Lipinski definition) is 5. The lowest BCUT2D eigenvalue weighted by atomic mass is 10.1. The van der Waals surface area contributed by atoms with E-state index < -0.39 is 14.9 Å². The van der Waals surface area contributed by atoms with Crippen LogP contribution in [0, 0.1) is 29.9 Å². The van der Waals surface area contributed by atoms with Crippen molar-refractivity contribution < 1.29 is 13.3 Å². The van der Waals surface area contributed by atoms with E-state index in [2.05, 4.69) is 9.62 Å². The number of nitrogens with zero attached hydrogens (tertiary/aromatic N) is 2.